The average molecular weight is 249 g/mol. The van der Waals surface area contributed by atoms with E-state index >= 15 is 0 Å². The molecule has 0 fully saturated rings. The minimum atomic E-state index is -3.68. The van der Waals surface area contributed by atoms with E-state index in [1.807, 2.05) is 0 Å². The molecule has 15 heavy (non-hydrogen) atoms. The summed E-state index contributed by atoms with van der Waals surface area (Å²) in [5.41, 5.74) is 0.545. The van der Waals surface area contributed by atoms with Crippen molar-refractivity contribution in [3.63, 3.8) is 0 Å². The summed E-state index contributed by atoms with van der Waals surface area (Å²) in [4.78, 5) is 11.3. The monoisotopic (exact) mass is 248 g/mol. The number of esters is 1. The van der Waals surface area contributed by atoms with Crippen LogP contribution in [0.3, 0.4) is 0 Å². The van der Waals surface area contributed by atoms with Gasteiger partial charge in [0.1, 0.15) is 0 Å². The molecule has 0 aliphatic rings. The molecular formula is C9H9ClO4S. The Bertz CT molecular complexity index is 467. The summed E-state index contributed by atoms with van der Waals surface area (Å²) in [6.07, 6.45) is 0. The maximum absolute atomic E-state index is 11.3. The van der Waals surface area contributed by atoms with E-state index in [9.17, 15) is 13.2 Å². The number of methoxy groups -OCH3 is 1. The van der Waals surface area contributed by atoms with E-state index in [0.29, 0.717) is 5.56 Å². The van der Waals surface area contributed by atoms with Crippen LogP contribution in [0, 0.1) is 0 Å². The van der Waals surface area contributed by atoms with E-state index in [4.69, 9.17) is 10.7 Å². The van der Waals surface area contributed by atoms with E-state index in [1.54, 1.807) is 12.1 Å². The third-order valence-electron chi connectivity index (χ3n) is 1.75. The Labute approximate surface area is 92.2 Å². The first-order valence-corrected chi connectivity index (χ1v) is 6.50. The fourth-order valence-electron chi connectivity index (χ4n) is 1.14. The van der Waals surface area contributed by atoms with E-state index in [0.717, 1.165) is 0 Å². The van der Waals surface area contributed by atoms with Crippen LogP contribution in [0.25, 0.3) is 0 Å². The van der Waals surface area contributed by atoms with Gasteiger partial charge in [-0.1, -0.05) is 18.2 Å². The number of benzene rings is 1. The van der Waals surface area contributed by atoms with Crippen LogP contribution in [-0.2, 0) is 19.5 Å². The quantitative estimate of drug-likeness (QED) is 0.601. The maximum Gasteiger partial charge on any atom is 0.338 e. The van der Waals surface area contributed by atoms with Gasteiger partial charge in [-0.3, -0.25) is 0 Å². The van der Waals surface area contributed by atoms with Crippen LogP contribution in [0.15, 0.2) is 24.3 Å². The number of rotatable bonds is 3. The van der Waals surface area contributed by atoms with Crippen molar-refractivity contribution < 1.29 is 17.9 Å². The van der Waals surface area contributed by atoms with Crippen molar-refractivity contribution in [1.29, 1.82) is 0 Å². The average Bonchev–Trinajstić information content (AvgIpc) is 2.15. The van der Waals surface area contributed by atoms with Gasteiger partial charge < -0.3 is 4.74 Å². The van der Waals surface area contributed by atoms with Gasteiger partial charge in [0.25, 0.3) is 0 Å². The van der Waals surface area contributed by atoms with Gasteiger partial charge in [0.05, 0.1) is 18.4 Å². The van der Waals surface area contributed by atoms with Gasteiger partial charge in [0.15, 0.2) is 0 Å². The number of ether oxygens (including phenoxy) is 1. The number of carbonyl (C=O) groups excluding carboxylic acids is 1. The van der Waals surface area contributed by atoms with Crippen LogP contribution in [0.4, 0.5) is 0 Å². The Morgan fingerprint density at radius 1 is 1.40 bits per heavy atom. The Hall–Kier alpha value is -1.07. The van der Waals surface area contributed by atoms with E-state index in [-0.39, 0.29) is 11.3 Å². The Morgan fingerprint density at radius 3 is 2.53 bits per heavy atom. The van der Waals surface area contributed by atoms with Crippen LogP contribution in [0.5, 0.6) is 0 Å². The zero-order valence-electron chi connectivity index (χ0n) is 7.94. The highest BCUT2D eigenvalue weighted by Gasteiger charge is 2.15. The van der Waals surface area contributed by atoms with Gasteiger partial charge in [-0.2, -0.15) is 0 Å². The number of hydrogen-bond donors (Lipinski definition) is 0. The molecular weight excluding hydrogens is 240 g/mol. The third kappa shape index (κ3) is 3.53. The van der Waals surface area contributed by atoms with Crippen LogP contribution in [0.2, 0.25) is 0 Å². The topological polar surface area (TPSA) is 60.4 Å². The summed E-state index contributed by atoms with van der Waals surface area (Å²) in [7, 11) is 2.66. The summed E-state index contributed by atoms with van der Waals surface area (Å²) in [5, 5.41) is 0. The Kier molecular flexibility index (Phi) is 3.71. The highest BCUT2D eigenvalue weighted by Crippen LogP contribution is 2.15. The van der Waals surface area contributed by atoms with Gasteiger partial charge in [-0.15, -0.1) is 0 Å². The molecule has 4 nitrogen and oxygen atoms in total. The summed E-state index contributed by atoms with van der Waals surface area (Å²) < 4.78 is 26.3. The van der Waals surface area contributed by atoms with Gasteiger partial charge in [-0.05, 0) is 11.6 Å². The lowest BCUT2D eigenvalue weighted by Gasteiger charge is -2.05. The Balaban J connectivity index is 3.13. The summed E-state index contributed by atoms with van der Waals surface area (Å²) >= 11 is 0. The first-order valence-electron chi connectivity index (χ1n) is 4.02. The van der Waals surface area contributed by atoms with Crippen molar-refractivity contribution in [2.24, 2.45) is 0 Å². The SMILES string of the molecule is COC(=O)c1ccccc1CS(=O)(=O)Cl. The summed E-state index contributed by atoms with van der Waals surface area (Å²) in [6.45, 7) is 0. The molecule has 1 rings (SSSR count). The predicted octanol–water partition coefficient (Wildman–Crippen LogP) is 1.54. The van der Waals surface area contributed by atoms with E-state index < -0.39 is 15.0 Å². The second-order valence-electron chi connectivity index (χ2n) is 2.83. The number of hydrogen-bond acceptors (Lipinski definition) is 4. The largest absolute Gasteiger partial charge is 0.465 e. The van der Waals surface area contributed by atoms with Crippen LogP contribution in [0.1, 0.15) is 15.9 Å². The highest BCUT2D eigenvalue weighted by atomic mass is 35.7. The molecule has 0 amide bonds. The van der Waals surface area contributed by atoms with E-state index in [2.05, 4.69) is 4.74 Å². The molecule has 82 valence electrons. The molecule has 6 heteroatoms. The zero-order chi connectivity index (χ0) is 11.5. The summed E-state index contributed by atoms with van der Waals surface area (Å²) in [5.74, 6) is -0.967. The first-order chi connectivity index (χ1) is 6.94. The minimum absolute atomic E-state index is 0.212. The summed E-state index contributed by atoms with van der Waals surface area (Å²) in [6, 6.07) is 6.26. The molecule has 0 radical (unpaired) electrons. The van der Waals surface area contributed by atoms with Crippen molar-refractivity contribution in [2.45, 2.75) is 5.75 Å². The first kappa shape index (κ1) is 12.0. The lowest BCUT2D eigenvalue weighted by molar-refractivity contribution is 0.0600. The van der Waals surface area contributed by atoms with Crippen molar-refractivity contribution in [3.05, 3.63) is 35.4 Å². The van der Waals surface area contributed by atoms with Crippen LogP contribution < -0.4 is 0 Å². The fourth-order valence-corrected chi connectivity index (χ4v) is 2.12. The van der Waals surface area contributed by atoms with Gasteiger partial charge >= 0.3 is 5.97 Å². The lowest BCUT2D eigenvalue weighted by atomic mass is 10.1. The minimum Gasteiger partial charge on any atom is -0.465 e. The predicted molar refractivity (Wildman–Crippen MR) is 56.3 cm³/mol. The maximum atomic E-state index is 11.3. The standard InChI is InChI=1S/C9H9ClO4S/c1-14-9(11)8-5-3-2-4-7(8)6-15(10,12)13/h2-5H,6H2,1H3. The van der Waals surface area contributed by atoms with E-state index in [1.165, 1.54) is 19.2 Å². The molecule has 0 aromatic heterocycles. The molecule has 0 spiro atoms. The second-order valence-corrected chi connectivity index (χ2v) is 5.61. The molecule has 0 heterocycles. The van der Waals surface area contributed by atoms with Crippen LogP contribution in [-0.4, -0.2) is 21.5 Å². The van der Waals surface area contributed by atoms with Crippen molar-refractivity contribution in [2.75, 3.05) is 7.11 Å². The van der Waals surface area contributed by atoms with Gasteiger partial charge in [0, 0.05) is 10.7 Å². The Morgan fingerprint density at radius 2 is 2.00 bits per heavy atom. The molecule has 0 saturated heterocycles. The lowest BCUT2D eigenvalue weighted by Crippen LogP contribution is -2.07. The molecule has 0 atom stereocenters. The van der Waals surface area contributed by atoms with Crippen molar-refractivity contribution in [1.82, 2.24) is 0 Å². The normalized spacial score (nSPS) is 11.1. The molecule has 0 unspecified atom stereocenters. The molecule has 0 aliphatic heterocycles. The highest BCUT2D eigenvalue weighted by molar-refractivity contribution is 8.13. The zero-order valence-corrected chi connectivity index (χ0v) is 9.51. The molecule has 0 saturated carbocycles. The van der Waals surface area contributed by atoms with Crippen molar-refractivity contribution in [3.8, 4) is 0 Å². The van der Waals surface area contributed by atoms with Crippen LogP contribution >= 0.6 is 10.7 Å². The number of halogens is 1. The molecule has 1 aromatic carbocycles. The molecule has 0 aliphatic carbocycles. The van der Waals surface area contributed by atoms with Crippen molar-refractivity contribution >= 4 is 25.7 Å². The van der Waals surface area contributed by atoms with Gasteiger partial charge in [-0.25, -0.2) is 13.2 Å². The third-order valence-corrected chi connectivity index (χ3v) is 2.73. The molecule has 1 aromatic rings. The fraction of sp³-hybridized carbons (Fsp3) is 0.222. The van der Waals surface area contributed by atoms with Gasteiger partial charge in [0.2, 0.25) is 9.05 Å². The second kappa shape index (κ2) is 4.63. The smallest absolute Gasteiger partial charge is 0.338 e. The molecule has 0 N–H and O–H groups in total. The molecule has 0 bridgehead atoms. The number of carbonyl (C=O) groups is 1.